The first-order valence-electron chi connectivity index (χ1n) is 6.05. The van der Waals surface area contributed by atoms with Crippen LogP contribution in [-0.2, 0) is 18.3 Å². The molecule has 0 bridgehead atoms. The lowest BCUT2D eigenvalue weighted by Gasteiger charge is -2.12. The molecule has 90 valence electrons. The smallest absolute Gasteiger partial charge is 0.223 e. The SMILES string of the molecule is CCC(CC)C(=O)NCCc1ccn(C)c1. The maximum absolute atomic E-state index is 11.7. The van der Waals surface area contributed by atoms with Gasteiger partial charge in [0.15, 0.2) is 0 Å². The molecule has 0 fully saturated rings. The zero-order valence-electron chi connectivity index (χ0n) is 10.5. The van der Waals surface area contributed by atoms with Gasteiger partial charge in [0.25, 0.3) is 0 Å². The number of rotatable bonds is 6. The molecule has 0 spiro atoms. The Labute approximate surface area is 97.8 Å². The maximum Gasteiger partial charge on any atom is 0.223 e. The summed E-state index contributed by atoms with van der Waals surface area (Å²) in [4.78, 5) is 11.7. The molecule has 3 nitrogen and oxygen atoms in total. The van der Waals surface area contributed by atoms with Crippen molar-refractivity contribution in [1.82, 2.24) is 9.88 Å². The van der Waals surface area contributed by atoms with Gasteiger partial charge >= 0.3 is 0 Å². The number of carbonyl (C=O) groups is 1. The summed E-state index contributed by atoms with van der Waals surface area (Å²) in [5, 5.41) is 2.99. The van der Waals surface area contributed by atoms with Crippen molar-refractivity contribution in [3.63, 3.8) is 0 Å². The molecular formula is C13H22N2O. The minimum atomic E-state index is 0.177. The number of hydrogen-bond acceptors (Lipinski definition) is 1. The van der Waals surface area contributed by atoms with E-state index in [-0.39, 0.29) is 11.8 Å². The second-order valence-electron chi connectivity index (χ2n) is 4.24. The molecule has 0 aromatic carbocycles. The molecule has 0 aliphatic rings. The van der Waals surface area contributed by atoms with E-state index in [1.54, 1.807) is 0 Å². The van der Waals surface area contributed by atoms with Gasteiger partial charge in [-0.1, -0.05) is 13.8 Å². The fraction of sp³-hybridized carbons (Fsp3) is 0.615. The Morgan fingerprint density at radius 3 is 2.62 bits per heavy atom. The molecule has 0 aliphatic heterocycles. The van der Waals surface area contributed by atoms with E-state index in [1.807, 2.05) is 17.8 Å². The number of amides is 1. The third kappa shape index (κ3) is 3.72. The molecule has 16 heavy (non-hydrogen) atoms. The topological polar surface area (TPSA) is 34.0 Å². The van der Waals surface area contributed by atoms with E-state index in [1.165, 1.54) is 5.56 Å². The van der Waals surface area contributed by atoms with Crippen molar-refractivity contribution in [2.24, 2.45) is 13.0 Å². The van der Waals surface area contributed by atoms with Gasteiger partial charge in [0, 0.05) is 31.9 Å². The lowest BCUT2D eigenvalue weighted by atomic mass is 10.0. The quantitative estimate of drug-likeness (QED) is 0.786. The van der Waals surface area contributed by atoms with Crippen LogP contribution >= 0.6 is 0 Å². The van der Waals surface area contributed by atoms with Crippen LogP contribution in [0.15, 0.2) is 18.5 Å². The average Bonchev–Trinajstić information content (AvgIpc) is 2.66. The fourth-order valence-corrected chi connectivity index (χ4v) is 1.84. The van der Waals surface area contributed by atoms with E-state index in [2.05, 4.69) is 31.4 Å². The minimum absolute atomic E-state index is 0.177. The Hall–Kier alpha value is -1.25. The number of aromatic nitrogens is 1. The van der Waals surface area contributed by atoms with Crippen LogP contribution in [0.2, 0.25) is 0 Å². The Morgan fingerprint density at radius 2 is 2.12 bits per heavy atom. The van der Waals surface area contributed by atoms with Gasteiger partial charge in [-0.25, -0.2) is 0 Å². The van der Waals surface area contributed by atoms with Gasteiger partial charge in [-0.2, -0.15) is 0 Å². The number of carbonyl (C=O) groups excluding carboxylic acids is 1. The first-order chi connectivity index (χ1) is 7.67. The van der Waals surface area contributed by atoms with Crippen molar-refractivity contribution >= 4 is 5.91 Å². The summed E-state index contributed by atoms with van der Waals surface area (Å²) in [6.07, 6.45) is 6.87. The van der Waals surface area contributed by atoms with Crippen LogP contribution in [0.3, 0.4) is 0 Å². The van der Waals surface area contributed by atoms with Gasteiger partial charge in [-0.3, -0.25) is 4.79 Å². The van der Waals surface area contributed by atoms with E-state index in [9.17, 15) is 4.79 Å². The van der Waals surface area contributed by atoms with Gasteiger partial charge in [0.1, 0.15) is 0 Å². The Morgan fingerprint density at radius 1 is 1.44 bits per heavy atom. The standard InChI is InChI=1S/C13H22N2O/c1-4-12(5-2)13(16)14-8-6-11-7-9-15(3)10-11/h7,9-10,12H,4-6,8H2,1-3H3,(H,14,16). The fourth-order valence-electron chi connectivity index (χ4n) is 1.84. The second kappa shape index (κ2) is 6.36. The highest BCUT2D eigenvalue weighted by molar-refractivity contribution is 5.78. The molecule has 1 amide bonds. The van der Waals surface area contributed by atoms with Crippen LogP contribution in [-0.4, -0.2) is 17.0 Å². The number of nitrogens with zero attached hydrogens (tertiary/aromatic N) is 1. The Kier molecular flexibility index (Phi) is 5.09. The van der Waals surface area contributed by atoms with E-state index >= 15 is 0 Å². The molecule has 0 atom stereocenters. The molecule has 1 heterocycles. The molecule has 0 radical (unpaired) electrons. The highest BCUT2D eigenvalue weighted by Crippen LogP contribution is 2.07. The molecule has 1 rings (SSSR count). The largest absolute Gasteiger partial charge is 0.357 e. The third-order valence-corrected chi connectivity index (χ3v) is 2.96. The average molecular weight is 222 g/mol. The molecule has 1 aromatic heterocycles. The monoisotopic (exact) mass is 222 g/mol. The number of hydrogen-bond donors (Lipinski definition) is 1. The van der Waals surface area contributed by atoms with Gasteiger partial charge < -0.3 is 9.88 Å². The van der Waals surface area contributed by atoms with Crippen LogP contribution in [0.5, 0.6) is 0 Å². The van der Waals surface area contributed by atoms with Crippen molar-refractivity contribution in [2.45, 2.75) is 33.1 Å². The lowest BCUT2D eigenvalue weighted by Crippen LogP contribution is -2.31. The highest BCUT2D eigenvalue weighted by Gasteiger charge is 2.12. The highest BCUT2D eigenvalue weighted by atomic mass is 16.1. The Bertz CT molecular complexity index is 326. The second-order valence-corrected chi connectivity index (χ2v) is 4.24. The summed E-state index contributed by atoms with van der Waals surface area (Å²) >= 11 is 0. The summed E-state index contributed by atoms with van der Waals surface area (Å²) in [6, 6.07) is 2.09. The first kappa shape index (κ1) is 12.8. The number of nitrogens with one attached hydrogen (secondary N) is 1. The predicted octanol–water partition coefficient (Wildman–Crippen LogP) is 2.12. The zero-order valence-corrected chi connectivity index (χ0v) is 10.5. The molecule has 0 aliphatic carbocycles. The maximum atomic E-state index is 11.7. The summed E-state index contributed by atoms with van der Waals surface area (Å²) in [6.45, 7) is 4.86. The van der Waals surface area contributed by atoms with Crippen molar-refractivity contribution < 1.29 is 4.79 Å². The van der Waals surface area contributed by atoms with Crippen molar-refractivity contribution in [3.8, 4) is 0 Å². The Balaban J connectivity index is 2.27. The third-order valence-electron chi connectivity index (χ3n) is 2.96. The van der Waals surface area contributed by atoms with Gasteiger partial charge in [0.2, 0.25) is 5.91 Å². The van der Waals surface area contributed by atoms with E-state index in [4.69, 9.17) is 0 Å². The van der Waals surface area contributed by atoms with E-state index < -0.39 is 0 Å². The molecule has 3 heteroatoms. The summed E-state index contributed by atoms with van der Waals surface area (Å²) in [5.74, 6) is 0.372. The van der Waals surface area contributed by atoms with Gasteiger partial charge in [0.05, 0.1) is 0 Å². The normalized spacial score (nSPS) is 10.8. The molecule has 0 saturated heterocycles. The summed E-state index contributed by atoms with van der Waals surface area (Å²) in [7, 11) is 2.01. The lowest BCUT2D eigenvalue weighted by molar-refractivity contribution is -0.125. The van der Waals surface area contributed by atoms with Crippen molar-refractivity contribution in [2.75, 3.05) is 6.54 Å². The van der Waals surface area contributed by atoms with Crippen LogP contribution in [0.25, 0.3) is 0 Å². The molecular weight excluding hydrogens is 200 g/mol. The molecule has 0 saturated carbocycles. The zero-order chi connectivity index (χ0) is 12.0. The van der Waals surface area contributed by atoms with Crippen LogP contribution in [0, 0.1) is 5.92 Å². The minimum Gasteiger partial charge on any atom is -0.357 e. The van der Waals surface area contributed by atoms with Crippen LogP contribution < -0.4 is 5.32 Å². The molecule has 1 N–H and O–H groups in total. The summed E-state index contributed by atoms with van der Waals surface area (Å²) in [5.41, 5.74) is 1.27. The number of aryl methyl sites for hydroxylation is 1. The van der Waals surface area contributed by atoms with E-state index in [0.29, 0.717) is 0 Å². The van der Waals surface area contributed by atoms with Crippen molar-refractivity contribution in [1.29, 1.82) is 0 Å². The summed E-state index contributed by atoms with van der Waals surface area (Å²) < 4.78 is 2.03. The molecule has 0 unspecified atom stereocenters. The van der Waals surface area contributed by atoms with Crippen molar-refractivity contribution in [3.05, 3.63) is 24.0 Å². The van der Waals surface area contributed by atoms with Crippen LogP contribution in [0.4, 0.5) is 0 Å². The predicted molar refractivity (Wildman–Crippen MR) is 66.2 cm³/mol. The van der Waals surface area contributed by atoms with Gasteiger partial charge in [-0.05, 0) is 30.9 Å². The molecule has 1 aromatic rings. The van der Waals surface area contributed by atoms with E-state index in [0.717, 1.165) is 25.8 Å². The van der Waals surface area contributed by atoms with Crippen LogP contribution in [0.1, 0.15) is 32.3 Å². The van der Waals surface area contributed by atoms with Gasteiger partial charge in [-0.15, -0.1) is 0 Å². The first-order valence-corrected chi connectivity index (χ1v) is 6.05.